The first-order chi connectivity index (χ1) is 8.91. The molecule has 0 aliphatic heterocycles. The summed E-state index contributed by atoms with van der Waals surface area (Å²) in [5, 5.41) is 10.2. The molecule has 0 bridgehead atoms. The molecular formula is C13H9ClF3NO. The maximum absolute atomic E-state index is 12.9. The van der Waals surface area contributed by atoms with Crippen molar-refractivity contribution in [2.75, 3.05) is 0 Å². The summed E-state index contributed by atoms with van der Waals surface area (Å²) in [4.78, 5) is 3.83. The van der Waals surface area contributed by atoms with Crippen LogP contribution in [0.5, 0.6) is 0 Å². The zero-order valence-electron chi connectivity index (χ0n) is 9.53. The van der Waals surface area contributed by atoms with Crippen molar-refractivity contribution in [2.24, 2.45) is 0 Å². The van der Waals surface area contributed by atoms with Crippen molar-refractivity contribution in [1.82, 2.24) is 4.98 Å². The maximum atomic E-state index is 12.9. The van der Waals surface area contributed by atoms with E-state index in [4.69, 9.17) is 11.6 Å². The van der Waals surface area contributed by atoms with E-state index in [0.29, 0.717) is 0 Å². The van der Waals surface area contributed by atoms with Crippen LogP contribution in [0.4, 0.5) is 13.2 Å². The standard InChI is InChI=1S/C13H9ClF3NO/c14-10-6-3-7-18-11(10)12(19)8-4-1-2-5-9(8)13(15,16)17/h1-7,12,19H. The zero-order valence-corrected chi connectivity index (χ0v) is 10.3. The van der Waals surface area contributed by atoms with Gasteiger partial charge in [0, 0.05) is 6.20 Å². The summed E-state index contributed by atoms with van der Waals surface area (Å²) < 4.78 is 38.6. The van der Waals surface area contributed by atoms with E-state index in [9.17, 15) is 18.3 Å². The van der Waals surface area contributed by atoms with Crippen LogP contribution in [0, 0.1) is 0 Å². The van der Waals surface area contributed by atoms with Gasteiger partial charge in [-0.15, -0.1) is 0 Å². The van der Waals surface area contributed by atoms with Gasteiger partial charge in [0.2, 0.25) is 0 Å². The molecule has 0 aliphatic rings. The van der Waals surface area contributed by atoms with Gasteiger partial charge in [0.05, 0.1) is 16.3 Å². The Kier molecular flexibility index (Phi) is 3.78. The fraction of sp³-hybridized carbons (Fsp3) is 0.154. The van der Waals surface area contributed by atoms with Crippen LogP contribution in [-0.2, 0) is 6.18 Å². The number of alkyl halides is 3. The Hall–Kier alpha value is -1.59. The van der Waals surface area contributed by atoms with Gasteiger partial charge in [0.25, 0.3) is 0 Å². The van der Waals surface area contributed by atoms with Crippen LogP contribution in [0.3, 0.4) is 0 Å². The van der Waals surface area contributed by atoms with E-state index in [2.05, 4.69) is 4.98 Å². The lowest BCUT2D eigenvalue weighted by Gasteiger charge is -2.17. The van der Waals surface area contributed by atoms with E-state index >= 15 is 0 Å². The minimum atomic E-state index is -4.54. The number of aliphatic hydroxyl groups is 1. The number of aliphatic hydroxyl groups excluding tert-OH is 1. The third-order valence-corrected chi connectivity index (χ3v) is 2.93. The lowest BCUT2D eigenvalue weighted by atomic mass is 9.99. The number of aromatic nitrogens is 1. The Labute approximate surface area is 112 Å². The van der Waals surface area contributed by atoms with Crippen molar-refractivity contribution in [3.63, 3.8) is 0 Å². The second kappa shape index (κ2) is 5.19. The molecule has 1 aromatic heterocycles. The van der Waals surface area contributed by atoms with E-state index < -0.39 is 17.8 Å². The topological polar surface area (TPSA) is 33.1 Å². The smallest absolute Gasteiger partial charge is 0.382 e. The van der Waals surface area contributed by atoms with Crippen LogP contribution < -0.4 is 0 Å². The largest absolute Gasteiger partial charge is 0.416 e. The van der Waals surface area contributed by atoms with Gasteiger partial charge in [-0.2, -0.15) is 13.2 Å². The van der Waals surface area contributed by atoms with Crippen LogP contribution in [0.15, 0.2) is 42.6 Å². The molecule has 6 heteroatoms. The van der Waals surface area contributed by atoms with Crippen molar-refractivity contribution < 1.29 is 18.3 Å². The Morgan fingerprint density at radius 1 is 1.11 bits per heavy atom. The van der Waals surface area contributed by atoms with Gasteiger partial charge < -0.3 is 5.11 Å². The minimum Gasteiger partial charge on any atom is -0.382 e. The van der Waals surface area contributed by atoms with Crippen LogP contribution in [0.25, 0.3) is 0 Å². The third kappa shape index (κ3) is 2.88. The average molecular weight is 288 g/mol. The molecule has 2 nitrogen and oxygen atoms in total. The number of nitrogens with zero attached hydrogens (tertiary/aromatic N) is 1. The molecule has 2 rings (SSSR count). The highest BCUT2D eigenvalue weighted by Gasteiger charge is 2.35. The van der Waals surface area contributed by atoms with Crippen LogP contribution in [0.1, 0.15) is 22.9 Å². The molecule has 0 radical (unpaired) electrons. The van der Waals surface area contributed by atoms with Crippen molar-refractivity contribution in [2.45, 2.75) is 12.3 Å². The predicted octanol–water partition coefficient (Wildman–Crippen LogP) is 3.84. The quantitative estimate of drug-likeness (QED) is 0.910. The summed E-state index contributed by atoms with van der Waals surface area (Å²) in [5.74, 6) is 0. The Morgan fingerprint density at radius 3 is 2.42 bits per heavy atom. The van der Waals surface area contributed by atoms with Crippen LogP contribution in [-0.4, -0.2) is 10.1 Å². The number of hydrogen-bond acceptors (Lipinski definition) is 2. The molecule has 0 saturated carbocycles. The third-order valence-electron chi connectivity index (χ3n) is 2.61. The second-order valence-electron chi connectivity index (χ2n) is 3.86. The first-order valence-corrected chi connectivity index (χ1v) is 5.73. The molecule has 100 valence electrons. The second-order valence-corrected chi connectivity index (χ2v) is 4.27. The predicted molar refractivity (Wildman–Crippen MR) is 64.8 cm³/mol. The molecule has 2 aromatic rings. The number of pyridine rings is 1. The highest BCUT2D eigenvalue weighted by atomic mass is 35.5. The van der Waals surface area contributed by atoms with Gasteiger partial charge in [0.15, 0.2) is 0 Å². The van der Waals surface area contributed by atoms with Gasteiger partial charge >= 0.3 is 6.18 Å². The first-order valence-electron chi connectivity index (χ1n) is 5.36. The Morgan fingerprint density at radius 2 is 1.79 bits per heavy atom. The molecule has 1 heterocycles. The number of rotatable bonds is 2. The van der Waals surface area contributed by atoms with Crippen molar-refractivity contribution >= 4 is 11.6 Å². The van der Waals surface area contributed by atoms with E-state index in [1.54, 1.807) is 0 Å². The van der Waals surface area contributed by atoms with Gasteiger partial charge in [-0.3, -0.25) is 4.98 Å². The van der Waals surface area contributed by atoms with E-state index in [-0.39, 0.29) is 16.3 Å². The van der Waals surface area contributed by atoms with E-state index in [0.717, 1.165) is 6.07 Å². The molecule has 0 spiro atoms. The van der Waals surface area contributed by atoms with Crippen LogP contribution >= 0.6 is 11.6 Å². The number of hydrogen-bond donors (Lipinski definition) is 1. The first kappa shape index (κ1) is 13.8. The highest BCUT2D eigenvalue weighted by molar-refractivity contribution is 6.31. The molecule has 19 heavy (non-hydrogen) atoms. The highest BCUT2D eigenvalue weighted by Crippen LogP contribution is 2.37. The van der Waals surface area contributed by atoms with Crippen LogP contribution in [0.2, 0.25) is 5.02 Å². The fourth-order valence-corrected chi connectivity index (χ4v) is 1.96. The minimum absolute atomic E-state index is 0.000802. The monoisotopic (exact) mass is 287 g/mol. The van der Waals surface area contributed by atoms with Crippen molar-refractivity contribution in [3.8, 4) is 0 Å². The molecular weight excluding hydrogens is 279 g/mol. The van der Waals surface area contributed by atoms with Gasteiger partial charge in [-0.25, -0.2) is 0 Å². The average Bonchev–Trinajstić information content (AvgIpc) is 2.37. The molecule has 0 aliphatic carbocycles. The lowest BCUT2D eigenvalue weighted by molar-refractivity contribution is -0.139. The molecule has 0 fully saturated rings. The summed E-state index contributed by atoms with van der Waals surface area (Å²) in [5.41, 5.74) is -1.17. The summed E-state index contributed by atoms with van der Waals surface area (Å²) in [7, 11) is 0. The molecule has 0 amide bonds. The molecule has 1 unspecified atom stereocenters. The van der Waals surface area contributed by atoms with Gasteiger partial charge in [-0.1, -0.05) is 29.8 Å². The Bertz CT molecular complexity index is 586. The fourth-order valence-electron chi connectivity index (χ4n) is 1.74. The van der Waals surface area contributed by atoms with Gasteiger partial charge in [0.1, 0.15) is 6.10 Å². The van der Waals surface area contributed by atoms with E-state index in [1.807, 2.05) is 0 Å². The summed E-state index contributed by atoms with van der Waals surface area (Å²) in [6.07, 6.45) is -4.70. The van der Waals surface area contributed by atoms with Gasteiger partial charge in [-0.05, 0) is 23.8 Å². The number of benzene rings is 1. The van der Waals surface area contributed by atoms with Crippen molar-refractivity contribution in [1.29, 1.82) is 0 Å². The van der Waals surface area contributed by atoms with Crippen molar-refractivity contribution in [3.05, 3.63) is 64.4 Å². The van der Waals surface area contributed by atoms with E-state index in [1.165, 1.54) is 36.5 Å². The molecule has 1 N–H and O–H groups in total. The SMILES string of the molecule is OC(c1ccccc1C(F)(F)F)c1ncccc1Cl. The lowest BCUT2D eigenvalue weighted by Crippen LogP contribution is -2.13. The maximum Gasteiger partial charge on any atom is 0.416 e. The zero-order chi connectivity index (χ0) is 14.0. The number of halogens is 4. The summed E-state index contributed by atoms with van der Waals surface area (Å²) >= 11 is 5.83. The molecule has 1 atom stereocenters. The summed E-state index contributed by atoms with van der Waals surface area (Å²) in [6.45, 7) is 0. The summed E-state index contributed by atoms with van der Waals surface area (Å²) in [6, 6.07) is 7.80. The normalized spacial score (nSPS) is 13.3. The Balaban J connectivity index is 2.51. The molecule has 0 saturated heterocycles. The molecule has 1 aromatic carbocycles.